The number of hydrogen-bond acceptors (Lipinski definition) is 4. The summed E-state index contributed by atoms with van der Waals surface area (Å²) >= 11 is 1.40. The average Bonchev–Trinajstić information content (AvgIpc) is 2.87. The van der Waals surface area contributed by atoms with Gasteiger partial charge in [0, 0.05) is 30.6 Å². The van der Waals surface area contributed by atoms with Crippen LogP contribution in [-0.4, -0.2) is 34.7 Å². The topological polar surface area (TPSA) is 46.6 Å². The summed E-state index contributed by atoms with van der Waals surface area (Å²) in [5, 5.41) is 1.86. The highest BCUT2D eigenvalue weighted by atomic mass is 32.1. The maximum atomic E-state index is 12.7. The first kappa shape index (κ1) is 15.1. The molecule has 0 spiro atoms. The Labute approximate surface area is 119 Å². The molecule has 0 amide bonds. The van der Waals surface area contributed by atoms with Crippen LogP contribution in [0.2, 0.25) is 0 Å². The van der Waals surface area contributed by atoms with Crippen molar-refractivity contribution in [2.24, 2.45) is 5.73 Å². The van der Waals surface area contributed by atoms with E-state index in [4.69, 9.17) is 5.73 Å². The maximum Gasteiger partial charge on any atom is 0.405 e. The molecule has 1 unspecified atom stereocenters. The number of anilines is 1. The lowest BCUT2D eigenvalue weighted by Gasteiger charge is -2.23. The van der Waals surface area contributed by atoms with Crippen LogP contribution in [0.5, 0.6) is 0 Å². The van der Waals surface area contributed by atoms with Crippen molar-refractivity contribution in [2.45, 2.75) is 32.5 Å². The van der Waals surface area contributed by atoms with Gasteiger partial charge in [-0.3, -0.25) is 4.40 Å². The summed E-state index contributed by atoms with van der Waals surface area (Å²) in [6.07, 6.45) is -1.95. The zero-order valence-electron chi connectivity index (χ0n) is 11.3. The Morgan fingerprint density at radius 1 is 1.50 bits per heavy atom. The van der Waals surface area contributed by atoms with Crippen molar-refractivity contribution in [3.05, 3.63) is 17.3 Å². The fourth-order valence-corrected chi connectivity index (χ4v) is 2.85. The quantitative estimate of drug-likeness (QED) is 0.924. The van der Waals surface area contributed by atoms with Crippen LogP contribution in [0.15, 0.2) is 11.6 Å². The minimum Gasteiger partial charge on any atom is -0.346 e. The molecule has 0 saturated heterocycles. The number of hydrogen-bond donors (Lipinski definition) is 1. The molecule has 0 bridgehead atoms. The standard InChI is InChI=1S/C12H17F3N4S/c1-3-18(7-12(13,14)15)10-9(6-8(2)16)19-4-5-20-11(19)17-10/h4-5,8H,3,6-7,16H2,1-2H3. The van der Waals surface area contributed by atoms with E-state index in [9.17, 15) is 13.2 Å². The third kappa shape index (κ3) is 3.24. The van der Waals surface area contributed by atoms with Crippen LogP contribution in [0.4, 0.5) is 19.0 Å². The van der Waals surface area contributed by atoms with Crippen molar-refractivity contribution in [1.29, 1.82) is 0 Å². The van der Waals surface area contributed by atoms with E-state index in [1.54, 1.807) is 6.92 Å². The Morgan fingerprint density at radius 3 is 2.75 bits per heavy atom. The summed E-state index contributed by atoms with van der Waals surface area (Å²) < 4.78 is 39.8. The lowest BCUT2D eigenvalue weighted by molar-refractivity contribution is -0.119. The van der Waals surface area contributed by atoms with Gasteiger partial charge in [-0.25, -0.2) is 4.98 Å². The van der Waals surface area contributed by atoms with Gasteiger partial charge in [0.25, 0.3) is 0 Å². The van der Waals surface area contributed by atoms with Gasteiger partial charge in [-0.05, 0) is 13.8 Å². The fraction of sp³-hybridized carbons (Fsp3) is 0.583. The van der Waals surface area contributed by atoms with E-state index in [-0.39, 0.29) is 12.6 Å². The van der Waals surface area contributed by atoms with Crippen LogP contribution < -0.4 is 10.6 Å². The molecule has 2 aromatic heterocycles. The molecule has 0 aliphatic rings. The van der Waals surface area contributed by atoms with Gasteiger partial charge in [-0.1, -0.05) is 0 Å². The van der Waals surface area contributed by atoms with Crippen molar-refractivity contribution in [1.82, 2.24) is 9.38 Å². The number of imidazole rings is 1. The molecular weight excluding hydrogens is 289 g/mol. The Morgan fingerprint density at radius 2 is 2.20 bits per heavy atom. The first-order valence-corrected chi connectivity index (χ1v) is 7.21. The van der Waals surface area contributed by atoms with Crippen molar-refractivity contribution in [3.63, 3.8) is 0 Å². The average molecular weight is 306 g/mol. The number of aromatic nitrogens is 2. The third-order valence-electron chi connectivity index (χ3n) is 2.91. The number of nitrogens with two attached hydrogens (primary N) is 1. The monoisotopic (exact) mass is 306 g/mol. The predicted octanol–water partition coefficient (Wildman–Crippen LogP) is 2.67. The zero-order chi connectivity index (χ0) is 14.9. The summed E-state index contributed by atoms with van der Waals surface area (Å²) in [7, 11) is 0. The molecule has 2 rings (SSSR count). The molecule has 20 heavy (non-hydrogen) atoms. The molecule has 2 N–H and O–H groups in total. The largest absolute Gasteiger partial charge is 0.405 e. The number of nitrogens with zero attached hydrogens (tertiary/aromatic N) is 3. The van der Waals surface area contributed by atoms with Gasteiger partial charge in [-0.15, -0.1) is 11.3 Å². The number of fused-ring (bicyclic) bond motifs is 1. The second kappa shape index (κ2) is 5.61. The van der Waals surface area contributed by atoms with E-state index in [1.807, 2.05) is 22.9 Å². The second-order valence-electron chi connectivity index (χ2n) is 4.75. The second-order valence-corrected chi connectivity index (χ2v) is 5.62. The van der Waals surface area contributed by atoms with Gasteiger partial charge >= 0.3 is 6.18 Å². The van der Waals surface area contributed by atoms with Gasteiger partial charge in [0.2, 0.25) is 0 Å². The van der Waals surface area contributed by atoms with Crippen LogP contribution >= 0.6 is 11.3 Å². The molecule has 8 heteroatoms. The fourth-order valence-electron chi connectivity index (χ4n) is 2.12. The number of halogens is 3. The molecule has 0 aromatic carbocycles. The first-order valence-electron chi connectivity index (χ1n) is 6.33. The van der Waals surface area contributed by atoms with E-state index < -0.39 is 12.7 Å². The molecule has 1 atom stereocenters. The molecular formula is C12H17F3N4S. The zero-order valence-corrected chi connectivity index (χ0v) is 12.1. The van der Waals surface area contributed by atoms with E-state index >= 15 is 0 Å². The summed E-state index contributed by atoms with van der Waals surface area (Å²) in [4.78, 5) is 6.27. The third-order valence-corrected chi connectivity index (χ3v) is 3.66. The highest BCUT2D eigenvalue weighted by Crippen LogP contribution is 2.28. The van der Waals surface area contributed by atoms with Crippen molar-refractivity contribution < 1.29 is 13.2 Å². The number of thiazole rings is 1. The van der Waals surface area contributed by atoms with Crippen LogP contribution in [0.25, 0.3) is 4.96 Å². The molecule has 0 aliphatic heterocycles. The summed E-state index contributed by atoms with van der Waals surface area (Å²) in [5.41, 5.74) is 6.54. The van der Waals surface area contributed by atoms with E-state index in [0.29, 0.717) is 17.2 Å². The summed E-state index contributed by atoms with van der Waals surface area (Å²) in [6.45, 7) is 2.76. The van der Waals surface area contributed by atoms with Gasteiger partial charge in [0.15, 0.2) is 10.8 Å². The number of alkyl halides is 3. The SMILES string of the molecule is CCN(CC(F)(F)F)c1nc2sccn2c1CC(C)N. The van der Waals surface area contributed by atoms with Crippen LogP contribution in [-0.2, 0) is 6.42 Å². The molecule has 4 nitrogen and oxygen atoms in total. The van der Waals surface area contributed by atoms with Crippen LogP contribution in [0.3, 0.4) is 0 Å². The van der Waals surface area contributed by atoms with Crippen LogP contribution in [0, 0.1) is 0 Å². The molecule has 112 valence electrons. The van der Waals surface area contributed by atoms with Crippen molar-refractivity contribution in [2.75, 3.05) is 18.0 Å². The summed E-state index contributed by atoms with van der Waals surface area (Å²) in [6, 6.07) is -0.141. The molecule has 0 fully saturated rings. The smallest absolute Gasteiger partial charge is 0.346 e. The minimum atomic E-state index is -4.25. The van der Waals surface area contributed by atoms with Gasteiger partial charge in [-0.2, -0.15) is 13.2 Å². The Kier molecular flexibility index (Phi) is 4.24. The molecule has 0 saturated carbocycles. The van der Waals surface area contributed by atoms with E-state index in [1.165, 1.54) is 16.2 Å². The maximum absolute atomic E-state index is 12.7. The molecule has 0 aliphatic carbocycles. The Bertz CT molecular complexity index is 573. The highest BCUT2D eigenvalue weighted by molar-refractivity contribution is 7.15. The molecule has 2 heterocycles. The first-order chi connectivity index (χ1) is 9.31. The Hall–Kier alpha value is -1.28. The molecule has 0 radical (unpaired) electrons. The van der Waals surface area contributed by atoms with E-state index in [2.05, 4.69) is 4.98 Å². The van der Waals surface area contributed by atoms with Crippen molar-refractivity contribution >= 4 is 22.1 Å². The predicted molar refractivity (Wildman–Crippen MR) is 74.4 cm³/mol. The molecule has 2 aromatic rings. The van der Waals surface area contributed by atoms with E-state index in [0.717, 1.165) is 5.69 Å². The van der Waals surface area contributed by atoms with Gasteiger partial charge < -0.3 is 10.6 Å². The lowest BCUT2D eigenvalue weighted by atomic mass is 10.2. The van der Waals surface area contributed by atoms with Gasteiger partial charge in [0.05, 0.1) is 5.69 Å². The number of rotatable bonds is 5. The normalized spacial score (nSPS) is 13.9. The van der Waals surface area contributed by atoms with Crippen molar-refractivity contribution in [3.8, 4) is 0 Å². The lowest BCUT2D eigenvalue weighted by Crippen LogP contribution is -2.35. The summed E-state index contributed by atoms with van der Waals surface area (Å²) in [5.74, 6) is 0.383. The van der Waals surface area contributed by atoms with Crippen LogP contribution in [0.1, 0.15) is 19.5 Å². The van der Waals surface area contributed by atoms with Gasteiger partial charge in [0.1, 0.15) is 6.54 Å². The highest BCUT2D eigenvalue weighted by Gasteiger charge is 2.32. The minimum absolute atomic E-state index is 0.141. The Balaban J connectivity index is 2.42.